The first-order valence-corrected chi connectivity index (χ1v) is 17.5. The predicted molar refractivity (Wildman–Crippen MR) is 175 cm³/mol. The van der Waals surface area contributed by atoms with Crippen molar-refractivity contribution in [3.63, 3.8) is 0 Å². The first-order chi connectivity index (χ1) is 22.3. The molecule has 14 heteroatoms. The van der Waals surface area contributed by atoms with Gasteiger partial charge in [-0.1, -0.05) is 44.2 Å². The number of nitrogen functional groups attached to an aromatic ring is 1. The Morgan fingerprint density at radius 3 is 2.49 bits per heavy atom. The van der Waals surface area contributed by atoms with Gasteiger partial charge in [0.15, 0.2) is 6.29 Å². The summed E-state index contributed by atoms with van der Waals surface area (Å²) in [5.41, 5.74) is 6.44. The third kappa shape index (κ3) is 9.57. The molecule has 2 aromatic rings. The normalized spacial score (nSPS) is 20.8. The molecule has 4 rings (SSSR count). The lowest BCUT2D eigenvalue weighted by Gasteiger charge is -2.40. The number of hydrogen-bond donors (Lipinski definition) is 4. The second kappa shape index (κ2) is 16.1. The molecule has 0 saturated carbocycles. The number of nitrogens with two attached hydrogens (primary N) is 1. The van der Waals surface area contributed by atoms with Crippen molar-refractivity contribution in [1.29, 1.82) is 0 Å². The van der Waals surface area contributed by atoms with Gasteiger partial charge in [-0.2, -0.15) is 4.31 Å². The van der Waals surface area contributed by atoms with Crippen molar-refractivity contribution < 1.29 is 42.4 Å². The lowest BCUT2D eigenvalue weighted by atomic mass is 9.87. The Morgan fingerprint density at radius 1 is 1.13 bits per heavy atom. The summed E-state index contributed by atoms with van der Waals surface area (Å²) in [5.74, 6) is -0.201. The minimum Gasteiger partial charge on any atom is -0.465 e. The summed E-state index contributed by atoms with van der Waals surface area (Å²) in [5, 5.41) is 25.2. The molecule has 0 radical (unpaired) electrons. The standard InChI is InChI=1S/C33H48N4O9S/c1-4-44-31(39)35-17-8-16-33(2,3)22-36(47(42,43)25-13-11-24(34)12-14-25)20-29(38)27(19-23-9-6-5-7-10-23)37(32(40)41)28-21-46-30-26(28)15-18-45-30/h5-7,9-14,26-30,38H,4,8,15-22,34H2,1-3H3,(H,35,39)(H,40,41)/t26-,27-,28-,29+,30+/m0/s1. The van der Waals surface area contributed by atoms with E-state index in [1.165, 1.54) is 33.5 Å². The molecule has 260 valence electrons. The van der Waals surface area contributed by atoms with Gasteiger partial charge in [-0.05, 0) is 67.9 Å². The molecule has 47 heavy (non-hydrogen) atoms. The number of hydrogen-bond acceptors (Lipinski definition) is 9. The quantitative estimate of drug-likeness (QED) is 0.152. The van der Waals surface area contributed by atoms with E-state index >= 15 is 0 Å². The maximum atomic E-state index is 14.2. The fraction of sp³-hybridized carbons (Fsp3) is 0.576. The molecule has 2 amide bonds. The van der Waals surface area contributed by atoms with Crippen molar-refractivity contribution >= 4 is 27.9 Å². The topological polar surface area (TPSA) is 181 Å². The smallest absolute Gasteiger partial charge is 0.407 e. The Kier molecular flexibility index (Phi) is 12.5. The van der Waals surface area contributed by atoms with E-state index in [1.54, 1.807) is 6.92 Å². The molecule has 0 aliphatic carbocycles. The molecule has 2 saturated heterocycles. The van der Waals surface area contributed by atoms with Gasteiger partial charge in [-0.15, -0.1) is 0 Å². The van der Waals surface area contributed by atoms with E-state index in [4.69, 9.17) is 19.9 Å². The van der Waals surface area contributed by atoms with Gasteiger partial charge >= 0.3 is 12.2 Å². The lowest BCUT2D eigenvalue weighted by Crippen LogP contribution is -2.58. The maximum Gasteiger partial charge on any atom is 0.407 e. The number of fused-ring (bicyclic) bond motifs is 1. The van der Waals surface area contributed by atoms with Crippen molar-refractivity contribution in [2.45, 2.75) is 75.8 Å². The zero-order valence-electron chi connectivity index (χ0n) is 27.3. The first-order valence-electron chi connectivity index (χ1n) is 16.0. The third-order valence-corrected chi connectivity index (χ3v) is 10.6. The van der Waals surface area contributed by atoms with Crippen molar-refractivity contribution in [2.75, 3.05) is 45.2 Å². The van der Waals surface area contributed by atoms with E-state index in [0.29, 0.717) is 38.1 Å². The zero-order valence-corrected chi connectivity index (χ0v) is 28.1. The van der Waals surface area contributed by atoms with Gasteiger partial charge in [-0.25, -0.2) is 18.0 Å². The highest BCUT2D eigenvalue weighted by molar-refractivity contribution is 7.89. The van der Waals surface area contributed by atoms with E-state index in [1.807, 2.05) is 44.2 Å². The molecule has 2 aromatic carbocycles. The predicted octanol–water partition coefficient (Wildman–Crippen LogP) is 3.53. The number of alkyl carbamates (subject to hydrolysis) is 1. The van der Waals surface area contributed by atoms with Crippen LogP contribution < -0.4 is 11.1 Å². The van der Waals surface area contributed by atoms with Crippen LogP contribution in [0.2, 0.25) is 0 Å². The largest absolute Gasteiger partial charge is 0.465 e. The second-order valence-corrected chi connectivity index (χ2v) is 14.8. The van der Waals surface area contributed by atoms with Crippen LogP contribution in [0, 0.1) is 11.3 Å². The van der Waals surface area contributed by atoms with Crippen LogP contribution in [0.5, 0.6) is 0 Å². The number of aliphatic hydroxyl groups excluding tert-OH is 1. The monoisotopic (exact) mass is 676 g/mol. The highest BCUT2D eigenvalue weighted by Gasteiger charge is 2.49. The summed E-state index contributed by atoms with van der Waals surface area (Å²) in [7, 11) is -4.17. The molecule has 2 fully saturated rings. The highest BCUT2D eigenvalue weighted by Crippen LogP contribution is 2.36. The van der Waals surface area contributed by atoms with Crippen LogP contribution in [-0.4, -0.2) is 104 Å². The Labute approximate surface area is 277 Å². The molecule has 0 unspecified atom stereocenters. The minimum absolute atomic E-state index is 0.00326. The van der Waals surface area contributed by atoms with E-state index < -0.39 is 52.1 Å². The fourth-order valence-electron chi connectivity index (χ4n) is 6.40. The van der Waals surface area contributed by atoms with E-state index in [9.17, 15) is 28.2 Å². The number of amides is 2. The van der Waals surface area contributed by atoms with Gasteiger partial charge in [0.1, 0.15) is 0 Å². The lowest BCUT2D eigenvalue weighted by molar-refractivity contribution is -0.0906. The number of rotatable bonds is 16. The number of ether oxygens (including phenoxy) is 3. The average molecular weight is 677 g/mol. The summed E-state index contributed by atoms with van der Waals surface area (Å²) < 4.78 is 45.9. The van der Waals surface area contributed by atoms with Gasteiger partial charge in [0.25, 0.3) is 0 Å². The Hall–Kier alpha value is -3.43. The molecule has 0 spiro atoms. The van der Waals surface area contributed by atoms with Gasteiger partial charge < -0.3 is 35.5 Å². The number of nitrogens with one attached hydrogen (secondary N) is 1. The number of carbonyl (C=O) groups excluding carboxylic acids is 1. The number of sulfonamides is 1. The van der Waals surface area contributed by atoms with Crippen LogP contribution in [0.3, 0.4) is 0 Å². The van der Waals surface area contributed by atoms with Crippen LogP contribution in [0.4, 0.5) is 15.3 Å². The van der Waals surface area contributed by atoms with Crippen LogP contribution in [0.25, 0.3) is 0 Å². The van der Waals surface area contributed by atoms with Crippen LogP contribution in [-0.2, 0) is 30.7 Å². The van der Waals surface area contributed by atoms with Crippen molar-refractivity contribution in [3.05, 3.63) is 60.2 Å². The third-order valence-electron chi connectivity index (χ3n) is 8.76. The Bertz CT molecular complexity index is 1430. The molecule has 2 aliphatic rings. The average Bonchev–Trinajstić information content (AvgIpc) is 3.64. The number of benzene rings is 2. The number of nitrogens with zero attached hydrogens (tertiary/aromatic N) is 2. The molecule has 5 atom stereocenters. The molecule has 0 bridgehead atoms. The summed E-state index contributed by atoms with van der Waals surface area (Å²) in [6, 6.07) is 13.5. The molecule has 0 aromatic heterocycles. The first kappa shape index (κ1) is 36.4. The summed E-state index contributed by atoms with van der Waals surface area (Å²) in [4.78, 5) is 25.9. The number of carbonyl (C=O) groups is 2. The SMILES string of the molecule is CCOC(=O)NCCCC(C)(C)CN(C[C@@H](O)[C@H](Cc1ccccc1)N(C(=O)O)[C@H]1CO[C@H]2OCC[C@H]21)S(=O)(=O)c1ccc(N)cc1. The van der Waals surface area contributed by atoms with Gasteiger partial charge in [0.05, 0.1) is 42.9 Å². The van der Waals surface area contributed by atoms with Crippen molar-refractivity contribution in [3.8, 4) is 0 Å². The molecular formula is C33H48N4O9S. The van der Waals surface area contributed by atoms with Crippen LogP contribution in [0.15, 0.2) is 59.5 Å². The Balaban J connectivity index is 1.63. The van der Waals surface area contributed by atoms with Gasteiger partial charge in [0.2, 0.25) is 10.0 Å². The maximum absolute atomic E-state index is 14.2. The van der Waals surface area contributed by atoms with E-state index in [-0.39, 0.29) is 43.5 Å². The van der Waals surface area contributed by atoms with E-state index in [2.05, 4.69) is 5.32 Å². The van der Waals surface area contributed by atoms with Crippen LogP contribution in [0.1, 0.15) is 45.6 Å². The Morgan fingerprint density at radius 2 is 1.83 bits per heavy atom. The van der Waals surface area contributed by atoms with Gasteiger partial charge in [-0.3, -0.25) is 4.90 Å². The van der Waals surface area contributed by atoms with Crippen LogP contribution >= 0.6 is 0 Å². The summed E-state index contributed by atoms with van der Waals surface area (Å²) in [6.07, 6.45) is -1.80. The molecular weight excluding hydrogens is 628 g/mol. The summed E-state index contributed by atoms with van der Waals surface area (Å²) >= 11 is 0. The number of carboxylic acid groups (broad SMARTS) is 1. The molecule has 13 nitrogen and oxygen atoms in total. The molecule has 2 aliphatic heterocycles. The van der Waals surface area contributed by atoms with Gasteiger partial charge in [0, 0.05) is 31.2 Å². The van der Waals surface area contributed by atoms with Crippen molar-refractivity contribution in [1.82, 2.24) is 14.5 Å². The fourth-order valence-corrected chi connectivity index (χ4v) is 8.04. The van der Waals surface area contributed by atoms with E-state index in [0.717, 1.165) is 5.56 Å². The zero-order chi connectivity index (χ0) is 34.2. The molecule has 2 heterocycles. The summed E-state index contributed by atoms with van der Waals surface area (Å²) in [6.45, 7) is 6.36. The minimum atomic E-state index is -4.17. The highest BCUT2D eigenvalue weighted by atomic mass is 32.2. The number of aliphatic hydroxyl groups is 1. The molecule has 5 N–H and O–H groups in total. The number of anilines is 1. The second-order valence-electron chi connectivity index (χ2n) is 12.9. The van der Waals surface area contributed by atoms with Crippen molar-refractivity contribution in [2.24, 2.45) is 11.3 Å².